The van der Waals surface area contributed by atoms with Gasteiger partial charge in [-0.1, -0.05) is 36.7 Å². The Hall–Kier alpha value is -1.67. The third-order valence-electron chi connectivity index (χ3n) is 3.56. The molecule has 1 heterocycles. The minimum Gasteiger partial charge on any atom is -0.493 e. The molecule has 0 fully saturated rings. The number of halogens is 1. The first-order valence-corrected chi connectivity index (χ1v) is 7.30. The summed E-state index contributed by atoms with van der Waals surface area (Å²) in [7, 11) is 0. The maximum absolute atomic E-state index is 6.16. The van der Waals surface area contributed by atoms with Gasteiger partial charge in [0.15, 0.2) is 0 Å². The van der Waals surface area contributed by atoms with Crippen LogP contribution in [-0.4, -0.2) is 6.61 Å². The molecule has 1 aliphatic heterocycles. The van der Waals surface area contributed by atoms with Crippen molar-refractivity contribution < 1.29 is 9.47 Å². The van der Waals surface area contributed by atoms with E-state index in [1.165, 1.54) is 11.1 Å². The van der Waals surface area contributed by atoms with E-state index in [1.54, 1.807) is 0 Å². The van der Waals surface area contributed by atoms with E-state index >= 15 is 0 Å². The van der Waals surface area contributed by atoms with E-state index in [1.807, 2.05) is 30.3 Å². The minimum absolute atomic E-state index is 0.486. The Balaban J connectivity index is 1.82. The van der Waals surface area contributed by atoms with Gasteiger partial charge in [-0.25, -0.2) is 0 Å². The van der Waals surface area contributed by atoms with E-state index in [-0.39, 0.29) is 0 Å². The highest BCUT2D eigenvalue weighted by molar-refractivity contribution is 6.30. The van der Waals surface area contributed by atoms with Crippen LogP contribution in [0.15, 0.2) is 36.4 Å². The fourth-order valence-electron chi connectivity index (χ4n) is 2.55. The topological polar surface area (TPSA) is 18.5 Å². The van der Waals surface area contributed by atoms with Gasteiger partial charge < -0.3 is 9.47 Å². The first kappa shape index (κ1) is 13.3. The van der Waals surface area contributed by atoms with Gasteiger partial charge in [0, 0.05) is 17.0 Å². The van der Waals surface area contributed by atoms with Crippen LogP contribution in [0.4, 0.5) is 0 Å². The van der Waals surface area contributed by atoms with Crippen molar-refractivity contribution in [3.63, 3.8) is 0 Å². The van der Waals surface area contributed by atoms with Gasteiger partial charge in [-0.3, -0.25) is 0 Å². The molecule has 0 saturated heterocycles. The molecular formula is C17H17ClO2. The predicted molar refractivity (Wildman–Crippen MR) is 80.8 cm³/mol. The Morgan fingerprint density at radius 1 is 1.20 bits per heavy atom. The first-order valence-electron chi connectivity index (χ1n) is 6.92. The van der Waals surface area contributed by atoms with E-state index in [9.17, 15) is 0 Å². The van der Waals surface area contributed by atoms with Crippen LogP contribution in [0.1, 0.15) is 23.6 Å². The van der Waals surface area contributed by atoms with Crippen molar-refractivity contribution in [3.8, 4) is 11.5 Å². The van der Waals surface area contributed by atoms with E-state index in [2.05, 4.69) is 13.0 Å². The highest BCUT2D eigenvalue weighted by Gasteiger charge is 2.18. The molecule has 0 radical (unpaired) electrons. The molecule has 3 heteroatoms. The predicted octanol–water partition coefficient (Wildman–Crippen LogP) is 4.42. The third kappa shape index (κ3) is 2.61. The number of para-hydroxylation sites is 1. The first-order chi connectivity index (χ1) is 9.78. The molecule has 0 spiro atoms. The quantitative estimate of drug-likeness (QED) is 0.829. The Bertz CT molecular complexity index is 622. The molecule has 0 N–H and O–H groups in total. The van der Waals surface area contributed by atoms with Gasteiger partial charge in [-0.05, 0) is 35.7 Å². The van der Waals surface area contributed by atoms with Gasteiger partial charge in [0.2, 0.25) is 0 Å². The van der Waals surface area contributed by atoms with Crippen LogP contribution in [0.25, 0.3) is 0 Å². The summed E-state index contributed by atoms with van der Waals surface area (Å²) in [6.45, 7) is 3.34. The van der Waals surface area contributed by atoms with Gasteiger partial charge in [0.05, 0.1) is 6.61 Å². The van der Waals surface area contributed by atoms with Gasteiger partial charge in [0.1, 0.15) is 18.1 Å². The molecule has 1 aliphatic rings. The maximum Gasteiger partial charge on any atom is 0.129 e. The molecule has 2 nitrogen and oxygen atoms in total. The molecule has 0 aromatic heterocycles. The molecule has 3 rings (SSSR count). The lowest BCUT2D eigenvalue weighted by Gasteiger charge is -2.13. The Morgan fingerprint density at radius 2 is 2.05 bits per heavy atom. The summed E-state index contributed by atoms with van der Waals surface area (Å²) in [4.78, 5) is 0. The van der Waals surface area contributed by atoms with Crippen molar-refractivity contribution in [3.05, 3.63) is 58.1 Å². The van der Waals surface area contributed by atoms with Crippen molar-refractivity contribution in [1.29, 1.82) is 0 Å². The molecular weight excluding hydrogens is 272 g/mol. The Labute approximate surface area is 124 Å². The van der Waals surface area contributed by atoms with Crippen LogP contribution < -0.4 is 9.47 Å². The van der Waals surface area contributed by atoms with Crippen LogP contribution >= 0.6 is 11.6 Å². The van der Waals surface area contributed by atoms with Gasteiger partial charge >= 0.3 is 0 Å². The molecule has 0 atom stereocenters. The molecule has 20 heavy (non-hydrogen) atoms. The largest absolute Gasteiger partial charge is 0.493 e. The number of hydrogen-bond donors (Lipinski definition) is 0. The monoisotopic (exact) mass is 288 g/mol. The summed E-state index contributed by atoms with van der Waals surface area (Å²) in [5, 5.41) is 0.747. The van der Waals surface area contributed by atoms with Gasteiger partial charge in [0.25, 0.3) is 0 Å². The zero-order chi connectivity index (χ0) is 13.9. The second-order valence-corrected chi connectivity index (χ2v) is 5.34. The summed E-state index contributed by atoms with van der Waals surface area (Å²) < 4.78 is 11.6. The zero-order valence-electron chi connectivity index (χ0n) is 11.5. The van der Waals surface area contributed by atoms with E-state index in [4.69, 9.17) is 21.1 Å². The van der Waals surface area contributed by atoms with Crippen LogP contribution in [0, 0.1) is 0 Å². The maximum atomic E-state index is 6.16. The highest BCUT2D eigenvalue weighted by Crippen LogP contribution is 2.33. The second kappa shape index (κ2) is 5.76. The van der Waals surface area contributed by atoms with Crippen LogP contribution in [0.3, 0.4) is 0 Å². The molecule has 2 aromatic rings. The second-order valence-electron chi connectivity index (χ2n) is 4.90. The van der Waals surface area contributed by atoms with Crippen LogP contribution in [0.2, 0.25) is 5.02 Å². The number of ether oxygens (including phenoxy) is 2. The fourth-order valence-corrected chi connectivity index (χ4v) is 2.81. The summed E-state index contributed by atoms with van der Waals surface area (Å²) >= 11 is 6.16. The van der Waals surface area contributed by atoms with Crippen molar-refractivity contribution >= 4 is 11.6 Å². The number of aryl methyl sites for hydroxylation is 1. The Kier molecular flexibility index (Phi) is 3.83. The molecule has 0 unspecified atom stereocenters. The SMILES string of the molecule is CCc1ccccc1OCc1cc(Cl)cc2c1OCC2. The number of hydrogen-bond acceptors (Lipinski definition) is 2. The molecule has 104 valence electrons. The zero-order valence-corrected chi connectivity index (χ0v) is 12.2. The van der Waals surface area contributed by atoms with Gasteiger partial charge in [-0.2, -0.15) is 0 Å². The van der Waals surface area contributed by atoms with E-state index < -0.39 is 0 Å². The van der Waals surface area contributed by atoms with Crippen molar-refractivity contribution in [2.75, 3.05) is 6.61 Å². The summed E-state index contributed by atoms with van der Waals surface area (Å²) in [6.07, 6.45) is 1.88. The van der Waals surface area contributed by atoms with Crippen molar-refractivity contribution in [1.82, 2.24) is 0 Å². The van der Waals surface area contributed by atoms with Crippen molar-refractivity contribution in [2.24, 2.45) is 0 Å². The lowest BCUT2D eigenvalue weighted by Crippen LogP contribution is -2.00. The summed E-state index contributed by atoms with van der Waals surface area (Å²) in [6, 6.07) is 12.0. The molecule has 0 saturated carbocycles. The fraction of sp³-hybridized carbons (Fsp3) is 0.294. The molecule has 0 bridgehead atoms. The lowest BCUT2D eigenvalue weighted by molar-refractivity contribution is 0.289. The van der Waals surface area contributed by atoms with Crippen molar-refractivity contribution in [2.45, 2.75) is 26.4 Å². The lowest BCUT2D eigenvalue weighted by atomic mass is 10.1. The summed E-state index contributed by atoms with van der Waals surface area (Å²) in [5.74, 6) is 1.88. The van der Waals surface area contributed by atoms with E-state index in [0.717, 1.165) is 41.5 Å². The van der Waals surface area contributed by atoms with Gasteiger partial charge in [-0.15, -0.1) is 0 Å². The normalized spacial score (nSPS) is 12.9. The van der Waals surface area contributed by atoms with E-state index in [0.29, 0.717) is 6.61 Å². The van der Waals surface area contributed by atoms with Crippen LogP contribution in [-0.2, 0) is 19.4 Å². The smallest absolute Gasteiger partial charge is 0.129 e. The average molecular weight is 289 g/mol. The highest BCUT2D eigenvalue weighted by atomic mass is 35.5. The molecule has 0 aliphatic carbocycles. The number of fused-ring (bicyclic) bond motifs is 1. The third-order valence-corrected chi connectivity index (χ3v) is 3.78. The molecule has 2 aromatic carbocycles. The standard InChI is InChI=1S/C17H17ClO2/c1-2-12-5-3-4-6-16(12)20-11-14-10-15(18)9-13-7-8-19-17(13)14/h3-6,9-10H,2,7-8,11H2,1H3. The summed E-state index contributed by atoms with van der Waals surface area (Å²) in [5.41, 5.74) is 3.42. The Morgan fingerprint density at radius 3 is 2.90 bits per heavy atom. The number of benzene rings is 2. The number of rotatable bonds is 4. The van der Waals surface area contributed by atoms with Crippen LogP contribution in [0.5, 0.6) is 11.5 Å². The molecule has 0 amide bonds. The average Bonchev–Trinajstić information content (AvgIpc) is 2.93. The minimum atomic E-state index is 0.486.